The first-order valence-electron chi connectivity index (χ1n) is 6.14. The lowest BCUT2D eigenvalue weighted by Gasteiger charge is -2.27. The predicted molar refractivity (Wildman–Crippen MR) is 66.1 cm³/mol. The fourth-order valence-electron chi connectivity index (χ4n) is 1.83. The molecule has 0 aromatic heterocycles. The molecule has 0 spiro atoms. The van der Waals surface area contributed by atoms with Gasteiger partial charge in [-0.2, -0.15) is 8.78 Å². The Kier molecular flexibility index (Phi) is 4.68. The first-order chi connectivity index (χ1) is 9.13. The van der Waals surface area contributed by atoms with Crippen molar-refractivity contribution in [2.75, 3.05) is 19.6 Å². The highest BCUT2D eigenvalue weighted by molar-refractivity contribution is 5.78. The molecule has 1 aliphatic rings. The monoisotopic (exact) mass is 270 g/mol. The summed E-state index contributed by atoms with van der Waals surface area (Å²) < 4.78 is 28.4. The minimum absolute atomic E-state index is 0.0727. The van der Waals surface area contributed by atoms with Gasteiger partial charge in [0.15, 0.2) is 0 Å². The van der Waals surface area contributed by atoms with E-state index in [0.29, 0.717) is 18.0 Å². The number of ether oxygens (including phenoxy) is 1. The average molecular weight is 270 g/mol. The Morgan fingerprint density at radius 2 is 2.26 bits per heavy atom. The number of carbonyl (C=O) groups excluding carboxylic acids is 1. The van der Waals surface area contributed by atoms with Crippen molar-refractivity contribution >= 4 is 5.91 Å². The maximum atomic E-state index is 12.1. The molecule has 2 N–H and O–H groups in total. The van der Waals surface area contributed by atoms with Gasteiger partial charge in [-0.05, 0) is 17.7 Å². The number of amides is 1. The predicted octanol–water partition coefficient (Wildman–Crippen LogP) is 1.17. The molecule has 1 amide bonds. The van der Waals surface area contributed by atoms with Crippen LogP contribution in [0.5, 0.6) is 5.75 Å². The van der Waals surface area contributed by atoms with E-state index in [1.54, 1.807) is 12.1 Å². The second-order valence-electron chi connectivity index (χ2n) is 4.53. The van der Waals surface area contributed by atoms with E-state index in [9.17, 15) is 13.6 Å². The number of hydrogen-bond donors (Lipinski definition) is 2. The second-order valence-corrected chi connectivity index (χ2v) is 4.53. The number of rotatable bonds is 6. The van der Waals surface area contributed by atoms with Crippen LogP contribution in [0.2, 0.25) is 0 Å². The molecule has 1 heterocycles. The summed E-state index contributed by atoms with van der Waals surface area (Å²) in [5, 5.41) is 5.95. The van der Waals surface area contributed by atoms with Crippen LogP contribution in [0.1, 0.15) is 5.56 Å². The van der Waals surface area contributed by atoms with E-state index in [2.05, 4.69) is 15.4 Å². The van der Waals surface area contributed by atoms with Crippen molar-refractivity contribution in [1.29, 1.82) is 0 Å². The van der Waals surface area contributed by atoms with Gasteiger partial charge in [0.25, 0.3) is 0 Å². The Balaban J connectivity index is 1.81. The molecular weight excluding hydrogens is 254 g/mol. The minimum atomic E-state index is -2.85. The highest BCUT2D eigenvalue weighted by Gasteiger charge is 2.17. The molecule has 0 saturated carbocycles. The number of halogens is 2. The Hall–Kier alpha value is -1.69. The molecule has 6 heteroatoms. The summed E-state index contributed by atoms with van der Waals surface area (Å²) >= 11 is 0. The smallest absolute Gasteiger partial charge is 0.387 e. The van der Waals surface area contributed by atoms with Crippen molar-refractivity contribution in [2.24, 2.45) is 5.92 Å². The van der Waals surface area contributed by atoms with Gasteiger partial charge in [0.2, 0.25) is 5.91 Å². The first kappa shape index (κ1) is 13.7. The molecule has 4 nitrogen and oxygen atoms in total. The van der Waals surface area contributed by atoms with Crippen LogP contribution in [0.25, 0.3) is 0 Å². The maximum Gasteiger partial charge on any atom is 0.387 e. The molecule has 2 rings (SSSR count). The van der Waals surface area contributed by atoms with Crippen LogP contribution < -0.4 is 15.4 Å². The van der Waals surface area contributed by atoms with Crippen LogP contribution in [0, 0.1) is 5.92 Å². The Morgan fingerprint density at radius 3 is 2.89 bits per heavy atom. The summed E-state index contributed by atoms with van der Waals surface area (Å²) in [6, 6.07) is 6.20. The highest BCUT2D eigenvalue weighted by atomic mass is 19.3. The number of hydrogen-bond acceptors (Lipinski definition) is 3. The lowest BCUT2D eigenvalue weighted by molar-refractivity contribution is -0.120. The zero-order valence-corrected chi connectivity index (χ0v) is 10.4. The third-order valence-electron chi connectivity index (χ3n) is 2.94. The van der Waals surface area contributed by atoms with Gasteiger partial charge < -0.3 is 15.4 Å². The second kappa shape index (κ2) is 6.47. The van der Waals surface area contributed by atoms with E-state index in [-0.39, 0.29) is 18.1 Å². The highest BCUT2D eigenvalue weighted by Crippen LogP contribution is 2.16. The number of alkyl halides is 2. The van der Waals surface area contributed by atoms with Crippen molar-refractivity contribution in [3.05, 3.63) is 29.8 Å². The van der Waals surface area contributed by atoms with E-state index in [1.165, 1.54) is 12.1 Å². The molecule has 1 fully saturated rings. The van der Waals surface area contributed by atoms with E-state index >= 15 is 0 Å². The molecule has 0 radical (unpaired) electrons. The maximum absolute atomic E-state index is 12.1. The van der Waals surface area contributed by atoms with Crippen LogP contribution in [-0.4, -0.2) is 32.2 Å². The van der Waals surface area contributed by atoms with Gasteiger partial charge >= 0.3 is 6.61 Å². The molecule has 104 valence electrons. The van der Waals surface area contributed by atoms with Gasteiger partial charge in [0, 0.05) is 25.6 Å². The van der Waals surface area contributed by atoms with E-state index in [4.69, 9.17) is 0 Å². The summed E-state index contributed by atoms with van der Waals surface area (Å²) in [5.41, 5.74) is 0.655. The average Bonchev–Trinajstić information content (AvgIpc) is 2.26. The lowest BCUT2D eigenvalue weighted by Crippen LogP contribution is -2.48. The van der Waals surface area contributed by atoms with Crippen LogP contribution >= 0.6 is 0 Å². The zero-order valence-electron chi connectivity index (χ0n) is 10.4. The van der Waals surface area contributed by atoms with E-state index < -0.39 is 6.61 Å². The first-order valence-corrected chi connectivity index (χ1v) is 6.14. The minimum Gasteiger partial charge on any atom is -0.435 e. The molecule has 1 aliphatic heterocycles. The normalized spacial score (nSPS) is 15.1. The molecule has 1 aromatic rings. The zero-order chi connectivity index (χ0) is 13.7. The quantitative estimate of drug-likeness (QED) is 0.815. The summed E-state index contributed by atoms with van der Waals surface area (Å²) in [6.07, 6.45) is 0.167. The molecule has 19 heavy (non-hydrogen) atoms. The van der Waals surface area contributed by atoms with Crippen LogP contribution in [0.3, 0.4) is 0 Å². The van der Waals surface area contributed by atoms with Gasteiger partial charge in [-0.15, -0.1) is 0 Å². The van der Waals surface area contributed by atoms with Crippen LogP contribution in [0.4, 0.5) is 8.78 Å². The number of nitrogens with one attached hydrogen (secondary N) is 2. The Bertz CT molecular complexity index is 436. The summed E-state index contributed by atoms with van der Waals surface area (Å²) in [4.78, 5) is 11.7. The largest absolute Gasteiger partial charge is 0.435 e. The molecule has 1 saturated heterocycles. The van der Waals surface area contributed by atoms with Gasteiger partial charge in [0.05, 0.1) is 6.42 Å². The van der Waals surface area contributed by atoms with Crippen molar-refractivity contribution in [2.45, 2.75) is 13.0 Å². The van der Waals surface area contributed by atoms with Gasteiger partial charge in [-0.1, -0.05) is 12.1 Å². The molecule has 0 atom stereocenters. The van der Waals surface area contributed by atoms with Gasteiger partial charge in [0.1, 0.15) is 5.75 Å². The SMILES string of the molecule is O=C(Cc1cccc(OC(F)F)c1)NCC1CNC1. The lowest BCUT2D eigenvalue weighted by atomic mass is 10.0. The van der Waals surface area contributed by atoms with Crippen LogP contribution in [-0.2, 0) is 11.2 Å². The molecule has 0 aliphatic carbocycles. The fraction of sp³-hybridized carbons (Fsp3) is 0.462. The third kappa shape index (κ3) is 4.48. The van der Waals surface area contributed by atoms with Crippen molar-refractivity contribution in [3.8, 4) is 5.75 Å². The fourth-order valence-corrected chi connectivity index (χ4v) is 1.83. The number of carbonyl (C=O) groups is 1. The van der Waals surface area contributed by atoms with Crippen LogP contribution in [0.15, 0.2) is 24.3 Å². The summed E-state index contributed by atoms with van der Waals surface area (Å²) in [6.45, 7) is -0.343. The Labute approximate surface area is 110 Å². The molecule has 1 aromatic carbocycles. The standard InChI is InChI=1S/C13H16F2N2O2/c14-13(15)19-11-3-1-2-9(4-11)5-12(18)17-8-10-6-16-7-10/h1-4,10,13,16H,5-8H2,(H,17,18). The third-order valence-corrected chi connectivity index (χ3v) is 2.94. The van der Waals surface area contributed by atoms with E-state index in [1.807, 2.05) is 0 Å². The molecule has 0 unspecified atom stereocenters. The van der Waals surface area contributed by atoms with Crippen molar-refractivity contribution in [3.63, 3.8) is 0 Å². The van der Waals surface area contributed by atoms with Gasteiger partial charge in [-0.25, -0.2) is 0 Å². The van der Waals surface area contributed by atoms with Gasteiger partial charge in [-0.3, -0.25) is 4.79 Å². The molecule has 0 bridgehead atoms. The summed E-state index contributed by atoms with van der Waals surface area (Å²) in [7, 11) is 0. The van der Waals surface area contributed by atoms with E-state index in [0.717, 1.165) is 13.1 Å². The topological polar surface area (TPSA) is 50.4 Å². The molecular formula is C13H16F2N2O2. The Morgan fingerprint density at radius 1 is 1.47 bits per heavy atom. The number of benzene rings is 1. The summed E-state index contributed by atoms with van der Waals surface area (Å²) in [5.74, 6) is 0.460. The van der Waals surface area contributed by atoms with Crippen molar-refractivity contribution < 1.29 is 18.3 Å². The van der Waals surface area contributed by atoms with Crippen molar-refractivity contribution in [1.82, 2.24) is 10.6 Å².